The van der Waals surface area contributed by atoms with Gasteiger partial charge in [-0.25, -0.2) is 4.79 Å². The molecule has 4 amide bonds. The van der Waals surface area contributed by atoms with Gasteiger partial charge in [0.25, 0.3) is 0 Å². The molecule has 0 bridgehead atoms. The first kappa shape index (κ1) is 22.1. The summed E-state index contributed by atoms with van der Waals surface area (Å²) in [6.45, 7) is 0.981. The van der Waals surface area contributed by atoms with E-state index in [4.69, 9.17) is 23.2 Å². The first-order valence-electron chi connectivity index (χ1n) is 9.52. The van der Waals surface area contributed by atoms with Gasteiger partial charge in [0.2, 0.25) is 11.8 Å². The van der Waals surface area contributed by atoms with Crippen molar-refractivity contribution in [3.8, 4) is 0 Å². The van der Waals surface area contributed by atoms with Crippen molar-refractivity contribution in [2.75, 3.05) is 20.1 Å². The molecule has 0 spiro atoms. The molecule has 1 aromatic heterocycles. The van der Waals surface area contributed by atoms with Crippen molar-refractivity contribution in [3.05, 3.63) is 63.9 Å². The van der Waals surface area contributed by atoms with E-state index in [-0.39, 0.29) is 37.4 Å². The van der Waals surface area contributed by atoms with E-state index in [0.717, 1.165) is 11.3 Å². The van der Waals surface area contributed by atoms with Crippen LogP contribution in [-0.4, -0.2) is 57.7 Å². The molecule has 0 aliphatic carbocycles. The van der Waals surface area contributed by atoms with E-state index >= 15 is 0 Å². The third kappa shape index (κ3) is 5.49. The maximum atomic E-state index is 12.9. The molecule has 0 radical (unpaired) electrons. The van der Waals surface area contributed by atoms with Crippen LogP contribution in [0.2, 0.25) is 10.0 Å². The molecule has 9 heteroatoms. The average Bonchev–Trinajstić information content (AvgIpc) is 2.97. The molecular weight excluding hydrogens is 427 g/mol. The molecule has 158 valence electrons. The molecule has 1 saturated heterocycles. The van der Waals surface area contributed by atoms with Gasteiger partial charge < -0.3 is 9.80 Å². The summed E-state index contributed by atoms with van der Waals surface area (Å²) in [5.74, 6) is -0.338. The monoisotopic (exact) mass is 448 g/mol. The lowest BCUT2D eigenvalue weighted by Crippen LogP contribution is -2.34. The zero-order valence-corrected chi connectivity index (χ0v) is 18.1. The maximum Gasteiger partial charge on any atom is 0.326 e. The quantitative estimate of drug-likeness (QED) is 0.578. The van der Waals surface area contributed by atoms with Gasteiger partial charge in [0, 0.05) is 32.8 Å². The van der Waals surface area contributed by atoms with E-state index in [1.165, 1.54) is 9.80 Å². The molecule has 1 aromatic carbocycles. The summed E-state index contributed by atoms with van der Waals surface area (Å²) in [6, 6.07) is 10.5. The Hall–Kier alpha value is -2.64. The predicted octanol–water partition coefficient (Wildman–Crippen LogP) is 3.59. The Balaban J connectivity index is 1.65. The van der Waals surface area contributed by atoms with Crippen LogP contribution in [0.25, 0.3) is 0 Å². The van der Waals surface area contributed by atoms with Crippen LogP contribution >= 0.6 is 23.2 Å². The molecule has 1 fully saturated rings. The number of halogens is 2. The second-order valence-electron chi connectivity index (χ2n) is 7.11. The number of likely N-dealkylation sites (N-methyl/N-ethyl adjacent to an activating group) is 1. The topological polar surface area (TPSA) is 73.8 Å². The van der Waals surface area contributed by atoms with Crippen LogP contribution in [0.4, 0.5) is 4.79 Å². The van der Waals surface area contributed by atoms with Crippen LogP contribution in [0.1, 0.15) is 24.1 Å². The molecule has 0 N–H and O–H groups in total. The van der Waals surface area contributed by atoms with Gasteiger partial charge in [0.05, 0.1) is 22.3 Å². The molecule has 0 atom stereocenters. The van der Waals surface area contributed by atoms with E-state index < -0.39 is 0 Å². The minimum atomic E-state index is -0.325. The summed E-state index contributed by atoms with van der Waals surface area (Å²) in [4.78, 5) is 45.3. The molecule has 1 aliphatic heterocycles. The highest BCUT2D eigenvalue weighted by atomic mass is 35.5. The minimum absolute atomic E-state index is 0.0793. The molecular formula is C21H22Cl2N4O3. The number of urea groups is 1. The fourth-order valence-electron chi connectivity index (χ4n) is 3.21. The number of carbonyl (C=O) groups is 3. The van der Waals surface area contributed by atoms with Gasteiger partial charge >= 0.3 is 6.03 Å². The summed E-state index contributed by atoms with van der Waals surface area (Å²) in [5, 5.41) is 0.877. The molecule has 0 unspecified atom stereocenters. The summed E-state index contributed by atoms with van der Waals surface area (Å²) < 4.78 is 0. The standard InChI is InChI=1S/C21H22Cl2N4O3/c1-25-14-20(29)27(21(25)30)10-4-6-19(28)26(13-16-5-2-3-9-24-16)12-15-7-8-17(22)18(23)11-15/h2-3,5,7-9,11H,4,6,10,12-14H2,1H3. The van der Waals surface area contributed by atoms with Gasteiger partial charge in [-0.05, 0) is 36.2 Å². The Kier molecular flexibility index (Phi) is 7.29. The van der Waals surface area contributed by atoms with Gasteiger partial charge in [0.1, 0.15) is 6.54 Å². The number of pyridine rings is 1. The molecule has 1 aliphatic rings. The van der Waals surface area contributed by atoms with Gasteiger partial charge in [-0.2, -0.15) is 0 Å². The SMILES string of the molecule is CN1CC(=O)N(CCCC(=O)N(Cc2ccc(Cl)c(Cl)c2)Cc2ccccn2)C1=O. The summed E-state index contributed by atoms with van der Waals surface area (Å²) in [5.41, 5.74) is 1.61. The molecule has 7 nitrogen and oxygen atoms in total. The number of nitrogens with zero attached hydrogens (tertiary/aromatic N) is 4. The van der Waals surface area contributed by atoms with Crippen molar-refractivity contribution < 1.29 is 14.4 Å². The lowest BCUT2D eigenvalue weighted by atomic mass is 10.1. The fourth-order valence-corrected chi connectivity index (χ4v) is 3.53. The van der Waals surface area contributed by atoms with Crippen LogP contribution in [0.3, 0.4) is 0 Å². The van der Waals surface area contributed by atoms with Crippen molar-refractivity contribution in [1.29, 1.82) is 0 Å². The Bertz CT molecular complexity index is 939. The molecule has 3 rings (SSSR count). The molecule has 30 heavy (non-hydrogen) atoms. The zero-order valence-electron chi connectivity index (χ0n) is 16.6. The van der Waals surface area contributed by atoms with Crippen molar-refractivity contribution in [2.24, 2.45) is 0 Å². The lowest BCUT2D eigenvalue weighted by Gasteiger charge is -2.23. The van der Waals surface area contributed by atoms with Gasteiger partial charge in [-0.3, -0.25) is 19.5 Å². The first-order chi connectivity index (χ1) is 14.3. The van der Waals surface area contributed by atoms with E-state index in [1.807, 2.05) is 24.3 Å². The number of aromatic nitrogens is 1. The second-order valence-corrected chi connectivity index (χ2v) is 7.92. The van der Waals surface area contributed by atoms with Crippen molar-refractivity contribution in [3.63, 3.8) is 0 Å². The highest BCUT2D eigenvalue weighted by molar-refractivity contribution is 6.42. The average molecular weight is 449 g/mol. The van der Waals surface area contributed by atoms with Crippen LogP contribution in [0.5, 0.6) is 0 Å². The molecule has 2 aromatic rings. The third-order valence-electron chi connectivity index (χ3n) is 4.79. The number of carbonyl (C=O) groups excluding carboxylic acids is 3. The Labute approximate surface area is 185 Å². The first-order valence-corrected chi connectivity index (χ1v) is 10.3. The maximum absolute atomic E-state index is 12.9. The predicted molar refractivity (Wildman–Crippen MR) is 114 cm³/mol. The summed E-state index contributed by atoms with van der Waals surface area (Å²) in [6.07, 6.45) is 2.28. The highest BCUT2D eigenvalue weighted by Gasteiger charge is 2.33. The second kappa shape index (κ2) is 9.91. The fraction of sp³-hybridized carbons (Fsp3) is 0.333. The minimum Gasteiger partial charge on any atom is -0.332 e. The van der Waals surface area contributed by atoms with Crippen LogP contribution in [-0.2, 0) is 22.7 Å². The third-order valence-corrected chi connectivity index (χ3v) is 5.53. The van der Waals surface area contributed by atoms with E-state index in [2.05, 4.69) is 4.98 Å². The Morgan fingerprint density at radius 1 is 1.13 bits per heavy atom. The normalized spacial score (nSPS) is 13.8. The lowest BCUT2D eigenvalue weighted by molar-refractivity contribution is -0.133. The van der Waals surface area contributed by atoms with Crippen LogP contribution in [0, 0.1) is 0 Å². The van der Waals surface area contributed by atoms with Crippen molar-refractivity contribution in [2.45, 2.75) is 25.9 Å². The van der Waals surface area contributed by atoms with Gasteiger partial charge in [-0.15, -0.1) is 0 Å². The number of hydrogen-bond acceptors (Lipinski definition) is 4. The van der Waals surface area contributed by atoms with Crippen molar-refractivity contribution in [1.82, 2.24) is 19.7 Å². The number of amides is 4. The summed E-state index contributed by atoms with van der Waals surface area (Å²) >= 11 is 12.1. The summed E-state index contributed by atoms with van der Waals surface area (Å²) in [7, 11) is 1.58. The Morgan fingerprint density at radius 3 is 2.57 bits per heavy atom. The number of rotatable bonds is 8. The van der Waals surface area contributed by atoms with Gasteiger partial charge in [-0.1, -0.05) is 35.3 Å². The van der Waals surface area contributed by atoms with Crippen LogP contribution in [0.15, 0.2) is 42.6 Å². The van der Waals surface area contributed by atoms with E-state index in [0.29, 0.717) is 29.6 Å². The van der Waals surface area contributed by atoms with Crippen LogP contribution < -0.4 is 0 Å². The number of benzene rings is 1. The largest absolute Gasteiger partial charge is 0.332 e. The van der Waals surface area contributed by atoms with Gasteiger partial charge in [0.15, 0.2) is 0 Å². The molecule has 2 heterocycles. The van der Waals surface area contributed by atoms with Crippen molar-refractivity contribution >= 4 is 41.0 Å². The number of imide groups is 1. The molecule has 0 saturated carbocycles. The highest BCUT2D eigenvalue weighted by Crippen LogP contribution is 2.24. The van der Waals surface area contributed by atoms with E-state index in [1.54, 1.807) is 30.3 Å². The zero-order chi connectivity index (χ0) is 21.7. The Morgan fingerprint density at radius 2 is 1.93 bits per heavy atom. The smallest absolute Gasteiger partial charge is 0.326 e. The van der Waals surface area contributed by atoms with E-state index in [9.17, 15) is 14.4 Å². The number of hydrogen-bond donors (Lipinski definition) is 0.